The molecule has 0 bridgehead atoms. The van der Waals surface area contributed by atoms with Crippen molar-refractivity contribution in [3.63, 3.8) is 0 Å². The number of hydrogen-bond acceptors (Lipinski definition) is 2. The molecule has 2 unspecified atom stereocenters. The Kier molecular flexibility index (Phi) is 8.45. The molecule has 0 saturated heterocycles. The lowest BCUT2D eigenvalue weighted by atomic mass is 9.83. The predicted octanol–water partition coefficient (Wildman–Crippen LogP) is 8.59. The van der Waals surface area contributed by atoms with Gasteiger partial charge in [-0.2, -0.15) is 0 Å². The largest absolute Gasteiger partial charge is 0.485 e. The van der Waals surface area contributed by atoms with Crippen molar-refractivity contribution in [3.05, 3.63) is 53.5 Å². The lowest BCUT2D eigenvalue weighted by Crippen LogP contribution is -2.39. The van der Waals surface area contributed by atoms with Crippen molar-refractivity contribution in [3.8, 4) is 17.0 Å². The molecule has 1 aromatic carbocycles. The van der Waals surface area contributed by atoms with Gasteiger partial charge in [0.15, 0.2) is 0 Å². The highest BCUT2D eigenvalue weighted by Gasteiger charge is 2.34. The van der Waals surface area contributed by atoms with E-state index < -0.39 is 0 Å². The van der Waals surface area contributed by atoms with Crippen molar-refractivity contribution in [1.29, 1.82) is 0 Å². The van der Waals surface area contributed by atoms with E-state index in [1.54, 1.807) is 12.1 Å². The molecule has 0 saturated carbocycles. The van der Waals surface area contributed by atoms with E-state index in [2.05, 4.69) is 73.6 Å². The first-order chi connectivity index (χ1) is 14.6. The van der Waals surface area contributed by atoms with Crippen LogP contribution in [0.5, 0.6) is 5.75 Å². The molecule has 0 fully saturated rings. The van der Waals surface area contributed by atoms with Gasteiger partial charge in [-0.05, 0) is 73.9 Å². The van der Waals surface area contributed by atoms with Crippen LogP contribution in [0.1, 0.15) is 92.3 Å². The molecule has 0 aliphatic carbocycles. The Hall–Kier alpha value is -2.16. The van der Waals surface area contributed by atoms with E-state index in [0.717, 1.165) is 53.9 Å². The van der Waals surface area contributed by atoms with E-state index in [-0.39, 0.29) is 16.8 Å². The molecule has 0 aliphatic heterocycles. The van der Waals surface area contributed by atoms with Gasteiger partial charge < -0.3 is 4.74 Å². The summed E-state index contributed by atoms with van der Waals surface area (Å²) in [6, 6.07) is 8.68. The maximum Gasteiger partial charge on any atom is 0.149 e. The van der Waals surface area contributed by atoms with Crippen LogP contribution in [0.3, 0.4) is 0 Å². The van der Waals surface area contributed by atoms with Crippen LogP contribution < -0.4 is 4.74 Å². The predicted molar refractivity (Wildman–Crippen MR) is 131 cm³/mol. The number of aromatic nitrogens is 1. The number of pyridine rings is 1. The van der Waals surface area contributed by atoms with Crippen molar-refractivity contribution in [2.75, 3.05) is 0 Å². The highest BCUT2D eigenvalue weighted by atomic mass is 19.1. The quantitative estimate of drug-likeness (QED) is 0.401. The maximum atomic E-state index is 13.5. The third kappa shape index (κ3) is 6.18. The van der Waals surface area contributed by atoms with Gasteiger partial charge >= 0.3 is 0 Å². The van der Waals surface area contributed by atoms with E-state index in [1.807, 2.05) is 0 Å². The molecule has 170 valence electrons. The zero-order valence-corrected chi connectivity index (χ0v) is 20.7. The second-order valence-corrected chi connectivity index (χ2v) is 9.79. The standard InChI is InChI=1S/C28H40FNO/c1-9-12-13-14-24-26(31-28(8,11-3)20(4)10-2)23(27(5,6)7)19-25(30-24)21-15-17-22(29)18-16-21/h13-20H,9-12H2,1-8H3/b14-13+. The number of nitrogens with zero attached hydrogens (tertiary/aromatic N) is 1. The lowest BCUT2D eigenvalue weighted by Gasteiger charge is -2.37. The van der Waals surface area contributed by atoms with Gasteiger partial charge in [0.25, 0.3) is 0 Å². The Morgan fingerprint density at radius 3 is 2.23 bits per heavy atom. The third-order valence-electron chi connectivity index (χ3n) is 6.37. The Morgan fingerprint density at radius 2 is 1.71 bits per heavy atom. The third-order valence-corrected chi connectivity index (χ3v) is 6.37. The average molecular weight is 426 g/mol. The number of ether oxygens (including phenoxy) is 1. The zero-order chi connectivity index (χ0) is 23.2. The Bertz CT molecular complexity index is 879. The Labute approximate surface area is 189 Å². The Balaban J connectivity index is 2.74. The van der Waals surface area contributed by atoms with Crippen LogP contribution in [-0.4, -0.2) is 10.6 Å². The van der Waals surface area contributed by atoms with Crippen LogP contribution in [-0.2, 0) is 5.41 Å². The summed E-state index contributed by atoms with van der Waals surface area (Å²) in [4.78, 5) is 4.99. The van der Waals surface area contributed by atoms with Gasteiger partial charge in [0.1, 0.15) is 22.9 Å². The van der Waals surface area contributed by atoms with Gasteiger partial charge in [0.05, 0.1) is 5.69 Å². The first kappa shape index (κ1) is 25.1. The van der Waals surface area contributed by atoms with Crippen molar-refractivity contribution in [2.45, 2.75) is 92.1 Å². The summed E-state index contributed by atoms with van der Waals surface area (Å²) in [5.41, 5.74) is 3.31. The summed E-state index contributed by atoms with van der Waals surface area (Å²) in [6.45, 7) is 17.7. The molecule has 2 aromatic rings. The van der Waals surface area contributed by atoms with Gasteiger partial charge in [-0.1, -0.05) is 61.0 Å². The second-order valence-electron chi connectivity index (χ2n) is 9.79. The smallest absolute Gasteiger partial charge is 0.149 e. The van der Waals surface area contributed by atoms with Crippen LogP contribution >= 0.6 is 0 Å². The molecule has 3 heteroatoms. The van der Waals surface area contributed by atoms with Crippen molar-refractivity contribution in [1.82, 2.24) is 4.98 Å². The molecule has 0 radical (unpaired) electrons. The number of allylic oxidation sites excluding steroid dienone is 1. The fraction of sp³-hybridized carbons (Fsp3) is 0.536. The molecule has 1 heterocycles. The van der Waals surface area contributed by atoms with Crippen molar-refractivity contribution >= 4 is 6.08 Å². The highest BCUT2D eigenvalue weighted by Crippen LogP contribution is 2.41. The molecule has 0 aliphatic rings. The second kappa shape index (κ2) is 10.4. The molecule has 1 aromatic heterocycles. The first-order valence-electron chi connectivity index (χ1n) is 11.7. The SMILES string of the molecule is CCC/C=C/c1nc(-c2ccc(F)cc2)cc(C(C)(C)C)c1OC(C)(CC)C(C)CC. The van der Waals surface area contributed by atoms with Crippen LogP contribution in [0, 0.1) is 11.7 Å². The minimum atomic E-state index is -0.277. The number of rotatable bonds is 9. The molecule has 2 atom stereocenters. The van der Waals surface area contributed by atoms with Crippen molar-refractivity contribution < 1.29 is 9.13 Å². The minimum absolute atomic E-state index is 0.134. The van der Waals surface area contributed by atoms with E-state index in [0.29, 0.717) is 5.92 Å². The molecule has 31 heavy (non-hydrogen) atoms. The zero-order valence-electron chi connectivity index (χ0n) is 20.7. The van der Waals surface area contributed by atoms with Crippen LogP contribution in [0.15, 0.2) is 36.4 Å². The lowest BCUT2D eigenvalue weighted by molar-refractivity contribution is 0.0253. The van der Waals surface area contributed by atoms with E-state index in [4.69, 9.17) is 9.72 Å². The summed E-state index contributed by atoms with van der Waals surface area (Å²) in [6.07, 6.45) is 8.30. The van der Waals surface area contributed by atoms with E-state index in [1.165, 1.54) is 12.1 Å². The summed E-state index contributed by atoms with van der Waals surface area (Å²) < 4.78 is 20.4. The van der Waals surface area contributed by atoms with Crippen LogP contribution in [0.2, 0.25) is 0 Å². The van der Waals surface area contributed by atoms with Gasteiger partial charge in [-0.25, -0.2) is 9.37 Å². The topological polar surface area (TPSA) is 22.1 Å². The van der Waals surface area contributed by atoms with Crippen LogP contribution in [0.4, 0.5) is 4.39 Å². The highest BCUT2D eigenvalue weighted by molar-refractivity contribution is 5.67. The van der Waals surface area contributed by atoms with Crippen LogP contribution in [0.25, 0.3) is 17.3 Å². The van der Waals surface area contributed by atoms with Crippen molar-refractivity contribution in [2.24, 2.45) is 5.92 Å². The summed E-state index contributed by atoms with van der Waals surface area (Å²) >= 11 is 0. The monoisotopic (exact) mass is 425 g/mol. The Morgan fingerprint density at radius 1 is 1.06 bits per heavy atom. The number of hydrogen-bond donors (Lipinski definition) is 0. The number of unbranched alkanes of at least 4 members (excludes halogenated alkanes) is 1. The summed E-state index contributed by atoms with van der Waals surface area (Å²) in [7, 11) is 0. The number of halogens is 1. The van der Waals surface area contributed by atoms with Gasteiger partial charge in [0.2, 0.25) is 0 Å². The van der Waals surface area contributed by atoms with Gasteiger partial charge in [-0.15, -0.1) is 0 Å². The maximum absolute atomic E-state index is 13.5. The fourth-order valence-electron chi connectivity index (χ4n) is 3.65. The number of benzene rings is 1. The first-order valence-corrected chi connectivity index (χ1v) is 11.7. The molecule has 0 spiro atoms. The van der Waals surface area contributed by atoms with E-state index in [9.17, 15) is 4.39 Å². The molecule has 0 N–H and O–H groups in total. The summed E-state index contributed by atoms with van der Waals surface area (Å²) in [5.74, 6) is 1.04. The molecule has 2 nitrogen and oxygen atoms in total. The van der Waals surface area contributed by atoms with Gasteiger partial charge in [0, 0.05) is 11.1 Å². The molecular formula is C28H40FNO. The average Bonchev–Trinajstić information content (AvgIpc) is 2.73. The molecule has 0 amide bonds. The molecule has 2 rings (SSSR count). The molecular weight excluding hydrogens is 385 g/mol. The van der Waals surface area contributed by atoms with Gasteiger partial charge in [-0.3, -0.25) is 0 Å². The minimum Gasteiger partial charge on any atom is -0.485 e. The summed E-state index contributed by atoms with van der Waals surface area (Å²) in [5, 5.41) is 0. The van der Waals surface area contributed by atoms with E-state index >= 15 is 0 Å². The fourth-order valence-corrected chi connectivity index (χ4v) is 3.65. The normalized spacial score (nSPS) is 15.1.